The van der Waals surface area contributed by atoms with Gasteiger partial charge >= 0.3 is 22.9 Å². The smallest absolute Gasteiger partial charge is 0.302 e. The van der Waals surface area contributed by atoms with Crippen LogP contribution in [-0.4, -0.2) is 14.7 Å². The Morgan fingerprint density at radius 3 is 1.92 bits per heavy atom. The Morgan fingerprint density at radius 2 is 1.67 bits per heavy atom. The Bertz CT molecular complexity index is 261. The van der Waals surface area contributed by atoms with Crippen molar-refractivity contribution in [3.63, 3.8) is 0 Å². The molecule has 0 heterocycles. The van der Waals surface area contributed by atoms with Gasteiger partial charge in [-0.1, -0.05) is 0 Å². The standard InChI is InChI=1S/H3O8P3S/c1-9(12)7-11(5,6)8-10(2,3)4/h(H3-,1,2,3,4,5,6,12)/p+1. The van der Waals surface area contributed by atoms with Gasteiger partial charge in [0.2, 0.25) is 0 Å². The number of hydrogen-bond donors (Lipinski definition) is 4. The fourth-order valence-corrected chi connectivity index (χ4v) is 3.24. The van der Waals surface area contributed by atoms with Crippen molar-refractivity contribution in [2.45, 2.75) is 0 Å². The average molecular weight is 257 g/mol. The van der Waals surface area contributed by atoms with E-state index in [0.717, 1.165) is 0 Å². The van der Waals surface area contributed by atoms with Crippen LogP contribution in [0.1, 0.15) is 0 Å². The van der Waals surface area contributed by atoms with E-state index in [-0.39, 0.29) is 0 Å². The van der Waals surface area contributed by atoms with Gasteiger partial charge in [-0.05, 0) is 8.88 Å². The lowest BCUT2D eigenvalue weighted by molar-refractivity contribution is 0.233. The second-order valence-electron chi connectivity index (χ2n) is 1.36. The van der Waals surface area contributed by atoms with Crippen molar-refractivity contribution in [1.82, 2.24) is 0 Å². The third-order valence-corrected chi connectivity index (χ3v) is 4.10. The van der Waals surface area contributed by atoms with Gasteiger partial charge in [0.25, 0.3) is 0 Å². The van der Waals surface area contributed by atoms with E-state index in [1.54, 1.807) is 0 Å². The van der Waals surface area contributed by atoms with Crippen molar-refractivity contribution in [2.75, 3.05) is 0 Å². The van der Waals surface area contributed by atoms with Crippen molar-refractivity contribution in [3.8, 4) is 0 Å². The van der Waals surface area contributed by atoms with Gasteiger partial charge in [-0.2, -0.15) is 4.31 Å². The predicted octanol–water partition coefficient (Wildman–Crippen LogP) is 0.800. The van der Waals surface area contributed by atoms with E-state index in [1.807, 2.05) is 0 Å². The van der Waals surface area contributed by atoms with Crippen molar-refractivity contribution in [3.05, 3.63) is 0 Å². The molecule has 0 aliphatic carbocycles. The van der Waals surface area contributed by atoms with E-state index in [1.165, 1.54) is 0 Å². The van der Waals surface area contributed by atoms with Gasteiger partial charge in [-0.15, -0.1) is 0 Å². The molecule has 8 nitrogen and oxygen atoms in total. The summed E-state index contributed by atoms with van der Waals surface area (Å²) in [4.78, 5) is 24.5. The Balaban J connectivity index is 4.35. The highest BCUT2D eigenvalue weighted by Gasteiger charge is 2.39. The van der Waals surface area contributed by atoms with Gasteiger partial charge < -0.3 is 9.79 Å². The van der Waals surface area contributed by atoms with Gasteiger partial charge in [0.15, 0.2) is 0 Å². The molecule has 72 valence electrons. The first-order chi connectivity index (χ1) is 5.12. The summed E-state index contributed by atoms with van der Waals surface area (Å²) in [5.74, 6) is 0. The molecule has 0 radical (unpaired) electrons. The average Bonchev–Trinajstić information content (AvgIpc) is 1.48. The molecule has 0 amide bonds. The second kappa shape index (κ2) is 4.28. The first kappa shape index (κ1) is 12.7. The normalized spacial score (nSPS) is 18.5. The zero-order valence-electron chi connectivity index (χ0n) is 5.17. The van der Waals surface area contributed by atoms with Gasteiger partial charge in [-0.3, -0.25) is 4.89 Å². The minimum atomic E-state index is -5.14. The molecule has 0 aliphatic heterocycles. The number of phosphoric acid groups is 2. The molecular weight excluding hydrogens is 253 g/mol. The van der Waals surface area contributed by atoms with Crippen LogP contribution in [0.25, 0.3) is 0 Å². The van der Waals surface area contributed by atoms with Crippen LogP contribution >= 0.6 is 35.1 Å². The predicted molar refractivity (Wildman–Crippen MR) is 40.6 cm³/mol. The molecule has 0 saturated heterocycles. The van der Waals surface area contributed by atoms with Crippen LogP contribution in [0.4, 0.5) is 0 Å². The number of thiol groups is 1. The minimum Gasteiger partial charge on any atom is -0.302 e. The van der Waals surface area contributed by atoms with Crippen LogP contribution in [0.15, 0.2) is 0 Å². The molecule has 0 saturated carbocycles. The summed E-state index contributed by atoms with van der Waals surface area (Å²) in [6, 6.07) is 0. The lowest BCUT2D eigenvalue weighted by Crippen LogP contribution is -1.87. The lowest BCUT2D eigenvalue weighted by atomic mass is 15.7. The topological polar surface area (TPSA) is 130 Å². The second-order valence-corrected chi connectivity index (χ2v) is 6.04. The van der Waals surface area contributed by atoms with Crippen LogP contribution in [0, 0.1) is 0 Å². The van der Waals surface area contributed by atoms with Crippen LogP contribution in [-0.2, 0) is 22.3 Å². The molecule has 0 rings (SSSR count). The van der Waals surface area contributed by atoms with E-state index in [2.05, 4.69) is 20.9 Å². The maximum absolute atomic E-state index is 10.4. The van der Waals surface area contributed by atoms with Gasteiger partial charge in [0.1, 0.15) is 12.2 Å². The van der Waals surface area contributed by atoms with E-state index < -0.39 is 22.9 Å². The summed E-state index contributed by atoms with van der Waals surface area (Å²) in [7, 11) is -12.9. The molecule has 12 heavy (non-hydrogen) atoms. The van der Waals surface area contributed by atoms with Crippen LogP contribution in [0.5, 0.6) is 0 Å². The largest absolute Gasteiger partial charge is 0.593 e. The molecule has 3 N–H and O–H groups in total. The molecule has 0 aromatic carbocycles. The zero-order valence-corrected chi connectivity index (χ0v) is 8.75. The summed E-state index contributed by atoms with van der Waals surface area (Å²) >= 11 is 3.06. The Morgan fingerprint density at radius 1 is 1.25 bits per heavy atom. The molecule has 2 unspecified atom stereocenters. The molecule has 0 bridgehead atoms. The summed E-state index contributed by atoms with van der Waals surface area (Å²) in [6.45, 7) is 0. The fourth-order valence-electron chi connectivity index (χ4n) is 0.238. The lowest BCUT2D eigenvalue weighted by Gasteiger charge is -2.04. The molecule has 0 spiro atoms. The minimum absolute atomic E-state index is 2.78. The van der Waals surface area contributed by atoms with Gasteiger partial charge in [0, 0.05) is 0 Å². The van der Waals surface area contributed by atoms with Crippen LogP contribution < -0.4 is 0 Å². The maximum Gasteiger partial charge on any atom is 0.593 e. The summed E-state index contributed by atoms with van der Waals surface area (Å²) in [5.41, 5.74) is 0. The summed E-state index contributed by atoms with van der Waals surface area (Å²) in [6.07, 6.45) is 0. The highest BCUT2D eigenvalue weighted by atomic mass is 32.7. The number of rotatable bonds is 4. The van der Waals surface area contributed by atoms with E-state index in [0.29, 0.717) is 0 Å². The van der Waals surface area contributed by atoms with Crippen molar-refractivity contribution in [2.24, 2.45) is 0 Å². The third-order valence-electron chi connectivity index (χ3n) is 0.383. The highest BCUT2D eigenvalue weighted by molar-refractivity contribution is 8.39. The van der Waals surface area contributed by atoms with Gasteiger partial charge in [0.05, 0.1) is 0 Å². The van der Waals surface area contributed by atoms with E-state index >= 15 is 0 Å². The Kier molecular flexibility index (Phi) is 4.54. The van der Waals surface area contributed by atoms with E-state index in [4.69, 9.17) is 14.7 Å². The van der Waals surface area contributed by atoms with Crippen LogP contribution in [0.3, 0.4) is 0 Å². The quantitative estimate of drug-likeness (QED) is 0.429. The molecule has 0 aliphatic rings. The first-order valence-electron chi connectivity index (χ1n) is 2.08. The Labute approximate surface area is 72.8 Å². The summed E-state index contributed by atoms with van der Waals surface area (Å²) in [5, 5.41) is 0. The van der Waals surface area contributed by atoms with Crippen LogP contribution in [0.2, 0.25) is 0 Å². The molecule has 2 atom stereocenters. The summed E-state index contributed by atoms with van der Waals surface area (Å²) < 4.78 is 37.3. The maximum atomic E-state index is 10.4. The van der Waals surface area contributed by atoms with Crippen molar-refractivity contribution >= 4 is 35.1 Å². The highest BCUT2D eigenvalue weighted by Crippen LogP contribution is 2.62. The molecular formula is H4O8P3S+. The third kappa shape index (κ3) is 7.36. The first-order valence-corrected chi connectivity index (χ1v) is 7.43. The monoisotopic (exact) mass is 257 g/mol. The SMILES string of the molecule is O=[P+](S)OP(=O)(O)OP(=O)(O)O. The van der Waals surface area contributed by atoms with Gasteiger partial charge in [-0.25, -0.2) is 9.13 Å². The fraction of sp³-hybridized carbons (Fsp3) is 0. The molecule has 0 fully saturated rings. The Hall–Kier alpha value is 0.710. The molecule has 0 aromatic heterocycles. The molecule has 0 aromatic rings. The number of hydrogen-bond acceptors (Lipinski definition) is 5. The van der Waals surface area contributed by atoms with Crippen molar-refractivity contribution in [1.29, 1.82) is 0 Å². The van der Waals surface area contributed by atoms with Crippen molar-refractivity contribution < 1.29 is 37.0 Å². The zero-order chi connectivity index (χ0) is 9.99. The van der Waals surface area contributed by atoms with E-state index in [9.17, 15) is 13.7 Å². The molecule has 12 heteroatoms.